The molecule has 2 aromatic rings. The summed E-state index contributed by atoms with van der Waals surface area (Å²) in [6.45, 7) is 13.9. The molecule has 0 radical (unpaired) electrons. The molecule has 4 aliphatic rings. The Kier molecular flexibility index (Phi) is 9.13. The van der Waals surface area contributed by atoms with Crippen molar-refractivity contribution in [3.05, 3.63) is 65.7 Å². The van der Waals surface area contributed by atoms with Crippen LogP contribution in [-0.4, -0.2) is 70.2 Å². The van der Waals surface area contributed by atoms with E-state index in [1.54, 1.807) is 0 Å². The summed E-state index contributed by atoms with van der Waals surface area (Å²) in [5, 5.41) is 33.2. The number of esters is 1. The van der Waals surface area contributed by atoms with Gasteiger partial charge in [-0.1, -0.05) is 69.1 Å². The third kappa shape index (κ3) is 5.21. The van der Waals surface area contributed by atoms with Crippen LogP contribution in [0.15, 0.2) is 11.4 Å². The number of carbonyl (C=O) groups is 3. The monoisotopic (exact) mass is 634 g/mol. The summed E-state index contributed by atoms with van der Waals surface area (Å²) in [6, 6.07) is -0.898. The van der Waals surface area contributed by atoms with E-state index < -0.39 is 23.9 Å². The summed E-state index contributed by atoms with van der Waals surface area (Å²) >= 11 is 0. The van der Waals surface area contributed by atoms with Gasteiger partial charge < -0.3 is 35.6 Å². The Labute approximate surface area is 283 Å². The number of hydrogen-bond donors (Lipinski definition) is 2. The molecule has 1 aliphatic carbocycles. The van der Waals surface area contributed by atoms with Crippen LogP contribution in [0.3, 0.4) is 0 Å². The van der Waals surface area contributed by atoms with Gasteiger partial charge in [-0.2, -0.15) is 11.4 Å². The summed E-state index contributed by atoms with van der Waals surface area (Å²) in [5.74, 6) is -3.30. The summed E-state index contributed by atoms with van der Waals surface area (Å²) in [6.07, 6.45) is 6.79. The van der Waals surface area contributed by atoms with Gasteiger partial charge in [0.2, 0.25) is 0 Å². The first kappa shape index (κ1) is 33.7. The van der Waals surface area contributed by atoms with E-state index in [2.05, 4.69) is 20.4 Å². The number of aromatic nitrogens is 2. The normalized spacial score (nSPS) is 30.6. The first-order valence-electron chi connectivity index (χ1n) is 15.5. The number of aliphatic carboxylic acids is 1. The molecule has 5 heterocycles. The molecule has 1 unspecified atom stereocenters. The molecule has 0 saturated carbocycles. The van der Waals surface area contributed by atoms with Gasteiger partial charge in [0.1, 0.15) is 11.7 Å². The first-order valence-corrected chi connectivity index (χ1v) is 15.5. The van der Waals surface area contributed by atoms with E-state index in [0.717, 1.165) is 17.7 Å². The zero-order chi connectivity index (χ0) is 32.5. The number of rotatable bonds is 6. The number of Topliss-reactive ketones (excluding diaryl/α,β-unsaturated/α-hetero) is 1. The minimum atomic E-state index is -1.14. The molecular formula is C35H38MgN4O6-2. The fourth-order valence-corrected chi connectivity index (χ4v) is 7.81. The van der Waals surface area contributed by atoms with Crippen molar-refractivity contribution in [2.75, 3.05) is 7.11 Å². The Bertz CT molecular complexity index is 1930. The van der Waals surface area contributed by atoms with E-state index in [9.17, 15) is 24.6 Å². The molecular weight excluding hydrogens is 597 g/mol. The molecule has 6 rings (SSSR count). The average molecular weight is 635 g/mol. The van der Waals surface area contributed by atoms with Crippen LogP contribution >= 0.6 is 0 Å². The fraction of sp³-hybridized carbons (Fsp3) is 0.457. The zero-order valence-corrected chi connectivity index (χ0v) is 28.5. The van der Waals surface area contributed by atoms with Crippen molar-refractivity contribution in [1.82, 2.24) is 9.97 Å². The second kappa shape index (κ2) is 12.5. The summed E-state index contributed by atoms with van der Waals surface area (Å²) in [5.41, 5.74) is 4.44. The van der Waals surface area contributed by atoms with Crippen LogP contribution in [0.4, 0.5) is 0 Å². The predicted molar refractivity (Wildman–Crippen MR) is 176 cm³/mol. The van der Waals surface area contributed by atoms with E-state index in [1.807, 2.05) is 32.1 Å². The van der Waals surface area contributed by atoms with Crippen molar-refractivity contribution in [2.45, 2.75) is 66.0 Å². The van der Waals surface area contributed by atoms with E-state index in [0.29, 0.717) is 49.4 Å². The molecule has 46 heavy (non-hydrogen) atoms. The van der Waals surface area contributed by atoms with Crippen LogP contribution in [0.25, 0.3) is 46.8 Å². The maximum absolute atomic E-state index is 13.2. The quantitative estimate of drug-likeness (QED) is 0.278. The fourth-order valence-electron chi connectivity index (χ4n) is 7.81. The zero-order valence-electron chi connectivity index (χ0n) is 27.1. The largest absolute Gasteiger partial charge is 2.00 e. The van der Waals surface area contributed by atoms with Crippen LogP contribution < -0.4 is 31.1 Å². The predicted octanol–water partition coefficient (Wildman–Crippen LogP) is 2.23. The van der Waals surface area contributed by atoms with Crippen LogP contribution in [0.1, 0.15) is 74.3 Å². The Morgan fingerprint density at radius 2 is 1.67 bits per heavy atom. The molecule has 11 heteroatoms. The number of fused-ring (bicyclic) bond motifs is 8. The van der Waals surface area contributed by atoms with Crippen LogP contribution in [0.2, 0.25) is 0 Å². The number of carboxylic acids is 1. The standard InChI is InChI=1S/C35H40N4O6.Mg/c1-8-19-14(2)21-13-26-28(18(6)40)16(4)23(37-26)11-22-15(3)20(9-10-27(41)42)32(38-22)30-31(35(44)45-7)34(43)29-17(5)24(39-33(29)30)12-25(19)36-21;/h11-15,19-20,25,31-32H,5,8-10H2,1-4,6-7H3,(H4,36,37,40,41,42,43);/q-2;+2/p-2/b22-11-,24-12-;/t14-,15+,19-,20+,25?,31-,32+;/m1./s1. The number of carboxylic acid groups (broad SMARTS) is 1. The minimum Gasteiger partial charge on any atom is -0.682 e. The van der Waals surface area contributed by atoms with Crippen molar-refractivity contribution >= 4 is 76.9 Å². The number of aliphatic hydroxyl groups excluding tert-OH is 1. The van der Waals surface area contributed by atoms with E-state index in [1.165, 1.54) is 14.0 Å². The molecule has 0 amide bonds. The van der Waals surface area contributed by atoms with Crippen molar-refractivity contribution in [3.63, 3.8) is 0 Å². The molecule has 0 spiro atoms. The van der Waals surface area contributed by atoms with Gasteiger partial charge in [0.15, 0.2) is 5.78 Å². The third-order valence-electron chi connectivity index (χ3n) is 10.3. The molecule has 2 saturated heterocycles. The minimum absolute atomic E-state index is 0. The maximum atomic E-state index is 13.2. The molecule has 0 aromatic carbocycles. The number of ether oxygens (including phenoxy) is 1. The van der Waals surface area contributed by atoms with E-state index in [-0.39, 0.29) is 77.2 Å². The van der Waals surface area contributed by atoms with Crippen molar-refractivity contribution in [1.29, 1.82) is 0 Å². The van der Waals surface area contributed by atoms with E-state index in [4.69, 9.17) is 25.3 Å². The maximum Gasteiger partial charge on any atom is 2.00 e. The second-order valence-corrected chi connectivity index (χ2v) is 12.7. The Hall–Kier alpha value is -3.70. The van der Waals surface area contributed by atoms with Gasteiger partial charge in [-0.25, -0.2) is 0 Å². The first-order chi connectivity index (χ1) is 21.4. The molecule has 2 fully saturated rings. The number of nitrogens with zero attached hydrogens (tertiary/aromatic N) is 4. The van der Waals surface area contributed by atoms with Gasteiger partial charge in [0.05, 0.1) is 7.11 Å². The van der Waals surface area contributed by atoms with Gasteiger partial charge in [-0.05, 0) is 49.2 Å². The molecule has 10 nitrogen and oxygen atoms in total. The Balaban J connectivity index is 0.00000417. The van der Waals surface area contributed by atoms with Gasteiger partial charge in [-0.15, -0.1) is 28.2 Å². The number of carbonyl (C=O) groups excluding carboxylic acids is 2. The molecule has 8 bridgehead atoms. The van der Waals surface area contributed by atoms with Crippen molar-refractivity contribution < 1.29 is 29.3 Å². The Morgan fingerprint density at radius 1 is 1.02 bits per heavy atom. The van der Waals surface area contributed by atoms with Crippen LogP contribution in [-0.2, 0) is 14.3 Å². The molecule has 2 N–H and O–H groups in total. The van der Waals surface area contributed by atoms with Crippen molar-refractivity contribution in [3.8, 4) is 0 Å². The smallest absolute Gasteiger partial charge is 0.682 e. The summed E-state index contributed by atoms with van der Waals surface area (Å²) in [4.78, 5) is 47.8. The van der Waals surface area contributed by atoms with Crippen LogP contribution in [0, 0.1) is 36.5 Å². The number of aliphatic hydroxyl groups is 1. The molecule has 7 atom stereocenters. The number of hydrogen-bond acceptors (Lipinski definition) is 5. The SMILES string of the molecule is C=c1c2c3[n-]/c1=C\C1[N-]/C(=C\c4[n-]c(c(C)c4C(C)=O)/C=C4\[N-][C@H](C=3[C@@H](C(=O)OC)C=2O)[C@@H](CCC(=O)O)[C@@H]4C)[C@H](C)[C@H]1CC.[Mg+2]. The van der Waals surface area contributed by atoms with Gasteiger partial charge in [-0.3, -0.25) is 14.4 Å². The summed E-state index contributed by atoms with van der Waals surface area (Å²) in [7, 11) is 1.26. The summed E-state index contributed by atoms with van der Waals surface area (Å²) < 4.78 is 5.14. The third-order valence-corrected chi connectivity index (χ3v) is 10.3. The van der Waals surface area contributed by atoms with Gasteiger partial charge in [0.25, 0.3) is 0 Å². The molecule has 238 valence electrons. The van der Waals surface area contributed by atoms with Gasteiger partial charge >= 0.3 is 35.0 Å². The molecule has 3 aliphatic heterocycles. The van der Waals surface area contributed by atoms with E-state index >= 15 is 0 Å². The number of methoxy groups -OCH3 is 1. The molecule has 2 aromatic heterocycles. The second-order valence-electron chi connectivity index (χ2n) is 12.7. The van der Waals surface area contributed by atoms with Crippen molar-refractivity contribution in [2.24, 2.45) is 29.6 Å². The number of allylic oxidation sites excluding steroid dienone is 2. The van der Waals surface area contributed by atoms with Gasteiger partial charge in [0, 0.05) is 17.2 Å². The number of ketones is 1. The van der Waals surface area contributed by atoms with Crippen LogP contribution in [0.5, 0.6) is 0 Å². The topological polar surface area (TPSA) is 157 Å². The average Bonchev–Trinajstić information content (AvgIpc) is 3.72. The Morgan fingerprint density at radius 3 is 2.30 bits per heavy atom.